The van der Waals surface area contributed by atoms with Gasteiger partial charge in [-0.1, -0.05) is 18.9 Å². The first-order valence-corrected chi connectivity index (χ1v) is 7.41. The molecule has 1 amide bonds. The summed E-state index contributed by atoms with van der Waals surface area (Å²) in [5, 5.41) is 8.92. The highest BCUT2D eigenvalue weighted by Gasteiger charge is 2.15. The minimum absolute atomic E-state index is 0.192. The zero-order valence-corrected chi connectivity index (χ0v) is 12.1. The van der Waals surface area contributed by atoms with Crippen molar-refractivity contribution in [3.63, 3.8) is 0 Å². The summed E-state index contributed by atoms with van der Waals surface area (Å²) in [6.45, 7) is 1.72. The van der Waals surface area contributed by atoms with Gasteiger partial charge in [-0.05, 0) is 31.0 Å². The Balaban J connectivity index is 1.83. The molecule has 21 heavy (non-hydrogen) atoms. The molecule has 0 aliphatic carbocycles. The molecule has 0 saturated carbocycles. The maximum absolute atomic E-state index is 11.9. The lowest BCUT2D eigenvalue weighted by molar-refractivity contribution is -0.132. The number of amides is 1. The molecule has 5 nitrogen and oxygen atoms in total. The molecular weight excluding hydrogens is 270 g/mol. The first kappa shape index (κ1) is 15.4. The predicted octanol–water partition coefficient (Wildman–Crippen LogP) is 2.56. The van der Waals surface area contributed by atoms with E-state index in [0.29, 0.717) is 25.3 Å². The minimum Gasteiger partial charge on any atom is -0.492 e. The average molecular weight is 291 g/mol. The zero-order valence-electron chi connectivity index (χ0n) is 12.1. The fraction of sp³-hybridized carbons (Fsp3) is 0.500. The van der Waals surface area contributed by atoms with Gasteiger partial charge in [0.05, 0.1) is 12.1 Å². The Labute approximate surface area is 124 Å². The quantitative estimate of drug-likeness (QED) is 0.905. The van der Waals surface area contributed by atoms with Crippen molar-refractivity contribution in [2.45, 2.75) is 32.1 Å². The molecule has 1 aromatic rings. The second kappa shape index (κ2) is 7.67. The van der Waals surface area contributed by atoms with E-state index in [0.717, 1.165) is 25.8 Å². The largest absolute Gasteiger partial charge is 0.492 e. The van der Waals surface area contributed by atoms with Crippen molar-refractivity contribution in [1.29, 1.82) is 0 Å². The van der Waals surface area contributed by atoms with Gasteiger partial charge < -0.3 is 14.7 Å². The highest BCUT2D eigenvalue weighted by Crippen LogP contribution is 2.14. The van der Waals surface area contributed by atoms with Gasteiger partial charge in [0, 0.05) is 13.0 Å². The number of aromatic carboxylic acids is 1. The molecule has 0 radical (unpaired) electrons. The fourth-order valence-electron chi connectivity index (χ4n) is 2.44. The normalized spacial score (nSPS) is 16.2. The Kier molecular flexibility index (Phi) is 5.60. The van der Waals surface area contributed by atoms with Crippen LogP contribution in [-0.4, -0.2) is 41.6 Å². The fourth-order valence-corrected chi connectivity index (χ4v) is 2.44. The average Bonchev–Trinajstić information content (AvgIpc) is 2.46. The molecule has 1 aliphatic heterocycles. The van der Waals surface area contributed by atoms with E-state index in [2.05, 4.69) is 0 Å². The van der Waals surface area contributed by atoms with Crippen molar-refractivity contribution in [3.05, 3.63) is 29.8 Å². The number of benzene rings is 1. The Hall–Kier alpha value is -2.04. The molecule has 0 spiro atoms. The highest BCUT2D eigenvalue weighted by atomic mass is 16.5. The van der Waals surface area contributed by atoms with Crippen LogP contribution in [0.4, 0.5) is 0 Å². The molecule has 0 atom stereocenters. The molecule has 0 bridgehead atoms. The smallest absolute Gasteiger partial charge is 0.335 e. The predicted molar refractivity (Wildman–Crippen MR) is 78.6 cm³/mol. The molecule has 1 aromatic carbocycles. The van der Waals surface area contributed by atoms with Crippen LogP contribution in [0.3, 0.4) is 0 Å². The number of carboxylic acid groups (broad SMARTS) is 1. The van der Waals surface area contributed by atoms with E-state index in [-0.39, 0.29) is 11.5 Å². The van der Waals surface area contributed by atoms with Gasteiger partial charge in [0.1, 0.15) is 12.4 Å². The topological polar surface area (TPSA) is 66.8 Å². The Morgan fingerprint density at radius 3 is 2.86 bits per heavy atom. The third kappa shape index (κ3) is 4.77. The SMILES string of the molecule is O=C(O)c1cccc(OCCN2CCCCCCC2=O)c1. The van der Waals surface area contributed by atoms with Crippen LogP contribution < -0.4 is 4.74 Å². The van der Waals surface area contributed by atoms with Crippen LogP contribution in [0.1, 0.15) is 42.5 Å². The van der Waals surface area contributed by atoms with Gasteiger partial charge in [-0.3, -0.25) is 4.79 Å². The third-order valence-electron chi connectivity index (χ3n) is 3.63. The summed E-state index contributed by atoms with van der Waals surface area (Å²) in [7, 11) is 0. The summed E-state index contributed by atoms with van der Waals surface area (Å²) in [5.41, 5.74) is 0.204. The van der Waals surface area contributed by atoms with E-state index in [4.69, 9.17) is 9.84 Å². The maximum Gasteiger partial charge on any atom is 0.335 e. The summed E-state index contributed by atoms with van der Waals surface area (Å²) >= 11 is 0. The van der Waals surface area contributed by atoms with Gasteiger partial charge in [0.15, 0.2) is 0 Å². The molecule has 1 heterocycles. The molecule has 114 valence electrons. The number of likely N-dealkylation sites (tertiary alicyclic amines) is 1. The number of carboxylic acids is 1. The molecule has 1 fully saturated rings. The summed E-state index contributed by atoms with van der Waals surface area (Å²) in [6.07, 6.45) is 4.94. The van der Waals surface area contributed by atoms with Crippen LogP contribution in [0.2, 0.25) is 0 Å². The molecule has 2 rings (SSSR count). The van der Waals surface area contributed by atoms with Gasteiger partial charge >= 0.3 is 5.97 Å². The van der Waals surface area contributed by atoms with Crippen LogP contribution in [0, 0.1) is 0 Å². The molecule has 1 aliphatic rings. The third-order valence-corrected chi connectivity index (χ3v) is 3.63. The van der Waals surface area contributed by atoms with E-state index in [1.165, 1.54) is 18.6 Å². The first-order valence-electron chi connectivity index (χ1n) is 7.41. The van der Waals surface area contributed by atoms with Crippen molar-refractivity contribution >= 4 is 11.9 Å². The van der Waals surface area contributed by atoms with Crippen LogP contribution in [0.15, 0.2) is 24.3 Å². The first-order chi connectivity index (χ1) is 10.2. The van der Waals surface area contributed by atoms with Gasteiger partial charge in [-0.15, -0.1) is 0 Å². The van der Waals surface area contributed by atoms with Gasteiger partial charge in [0.25, 0.3) is 0 Å². The number of rotatable bonds is 5. The van der Waals surface area contributed by atoms with Crippen LogP contribution in [0.25, 0.3) is 0 Å². The molecule has 1 saturated heterocycles. The monoisotopic (exact) mass is 291 g/mol. The molecule has 5 heteroatoms. The molecular formula is C16H21NO4. The Bertz CT molecular complexity index is 501. The number of hydrogen-bond acceptors (Lipinski definition) is 3. The summed E-state index contributed by atoms with van der Waals surface area (Å²) in [4.78, 5) is 24.7. The molecule has 0 unspecified atom stereocenters. The lowest BCUT2D eigenvalue weighted by atomic mass is 10.1. The van der Waals surface area contributed by atoms with Crippen molar-refractivity contribution in [2.75, 3.05) is 19.7 Å². The lowest BCUT2D eigenvalue weighted by Crippen LogP contribution is -2.36. The van der Waals surface area contributed by atoms with Crippen molar-refractivity contribution in [3.8, 4) is 5.75 Å². The Morgan fingerprint density at radius 1 is 1.24 bits per heavy atom. The number of hydrogen-bond donors (Lipinski definition) is 1. The lowest BCUT2D eigenvalue weighted by Gasteiger charge is -2.24. The second-order valence-electron chi connectivity index (χ2n) is 5.23. The van der Waals surface area contributed by atoms with Crippen molar-refractivity contribution < 1.29 is 19.4 Å². The second-order valence-corrected chi connectivity index (χ2v) is 5.23. The highest BCUT2D eigenvalue weighted by molar-refractivity contribution is 5.88. The number of carbonyl (C=O) groups is 2. The molecule has 0 aromatic heterocycles. The van der Waals surface area contributed by atoms with E-state index in [1.807, 2.05) is 4.90 Å². The van der Waals surface area contributed by atoms with Gasteiger partial charge in [-0.2, -0.15) is 0 Å². The van der Waals surface area contributed by atoms with E-state index < -0.39 is 5.97 Å². The standard InChI is InChI=1S/C16H21NO4/c18-15-8-3-1-2-4-9-17(15)10-11-21-14-7-5-6-13(12-14)16(19)20/h5-7,12H,1-4,8-11H2,(H,19,20). The summed E-state index contributed by atoms with van der Waals surface area (Å²) in [5.74, 6) is -0.258. The zero-order chi connectivity index (χ0) is 15.1. The van der Waals surface area contributed by atoms with E-state index in [9.17, 15) is 9.59 Å². The number of ether oxygens (including phenoxy) is 1. The maximum atomic E-state index is 11.9. The van der Waals surface area contributed by atoms with Crippen molar-refractivity contribution in [2.24, 2.45) is 0 Å². The number of carbonyl (C=O) groups excluding carboxylic acids is 1. The minimum atomic E-state index is -0.973. The van der Waals surface area contributed by atoms with Crippen LogP contribution in [0.5, 0.6) is 5.75 Å². The summed E-state index contributed by atoms with van der Waals surface area (Å²) in [6, 6.07) is 6.40. The Morgan fingerprint density at radius 2 is 2.05 bits per heavy atom. The van der Waals surface area contributed by atoms with E-state index >= 15 is 0 Å². The van der Waals surface area contributed by atoms with Crippen molar-refractivity contribution in [1.82, 2.24) is 4.90 Å². The summed E-state index contributed by atoms with van der Waals surface area (Å²) < 4.78 is 5.56. The van der Waals surface area contributed by atoms with E-state index in [1.54, 1.807) is 12.1 Å². The van der Waals surface area contributed by atoms with Crippen LogP contribution in [-0.2, 0) is 4.79 Å². The van der Waals surface area contributed by atoms with Crippen LogP contribution >= 0.6 is 0 Å². The van der Waals surface area contributed by atoms with Gasteiger partial charge in [-0.25, -0.2) is 4.79 Å². The molecule has 1 N–H and O–H groups in total. The van der Waals surface area contributed by atoms with Gasteiger partial charge in [0.2, 0.25) is 5.91 Å². The number of nitrogens with zero attached hydrogens (tertiary/aromatic N) is 1.